The molecule has 14 heavy (non-hydrogen) atoms. The van der Waals surface area contributed by atoms with Crippen LogP contribution in [0.15, 0.2) is 18.2 Å². The molecule has 0 amide bonds. The molecule has 1 aliphatic rings. The smallest absolute Gasteiger partial charge is 0.345 e. The monoisotopic (exact) mass is 191 g/mol. The maximum absolute atomic E-state index is 11.2. The van der Waals surface area contributed by atoms with E-state index in [2.05, 4.69) is 10.1 Å². The Kier molecular flexibility index (Phi) is 2.18. The van der Waals surface area contributed by atoms with Crippen LogP contribution in [-0.2, 0) is 16.0 Å². The molecule has 1 heterocycles. The van der Waals surface area contributed by atoms with Crippen LogP contribution in [0.4, 0.5) is 5.69 Å². The fourth-order valence-corrected chi connectivity index (χ4v) is 1.53. The molecule has 4 heteroatoms. The molecule has 0 saturated carbocycles. The molecular formula is C10H9NO3. The second kappa shape index (κ2) is 3.49. The van der Waals surface area contributed by atoms with Gasteiger partial charge in [-0.25, -0.2) is 4.79 Å². The Morgan fingerprint density at radius 2 is 2.36 bits per heavy atom. The average molecular weight is 191 g/mol. The third-order valence-electron chi connectivity index (χ3n) is 2.21. The highest BCUT2D eigenvalue weighted by Crippen LogP contribution is 2.23. The van der Waals surface area contributed by atoms with Crippen molar-refractivity contribution in [1.82, 2.24) is 0 Å². The van der Waals surface area contributed by atoms with Gasteiger partial charge in [0.25, 0.3) is 0 Å². The maximum Gasteiger partial charge on any atom is 0.345 e. The molecule has 0 saturated heterocycles. The van der Waals surface area contributed by atoms with Gasteiger partial charge in [0, 0.05) is 12.2 Å². The number of ether oxygens (including phenoxy) is 1. The van der Waals surface area contributed by atoms with E-state index >= 15 is 0 Å². The molecule has 1 aromatic carbocycles. The van der Waals surface area contributed by atoms with Crippen molar-refractivity contribution in [2.45, 2.75) is 6.42 Å². The zero-order valence-corrected chi connectivity index (χ0v) is 7.45. The molecule has 0 radical (unpaired) electrons. The van der Waals surface area contributed by atoms with Crippen molar-refractivity contribution >= 4 is 18.1 Å². The zero-order valence-electron chi connectivity index (χ0n) is 7.45. The largest absolute Gasteiger partial charge is 0.392 e. The van der Waals surface area contributed by atoms with Crippen LogP contribution >= 0.6 is 0 Å². The van der Waals surface area contributed by atoms with E-state index in [0.717, 1.165) is 18.7 Å². The summed E-state index contributed by atoms with van der Waals surface area (Å²) in [5.74, 6) is -0.614. The van der Waals surface area contributed by atoms with Gasteiger partial charge in [0.15, 0.2) is 0 Å². The van der Waals surface area contributed by atoms with Crippen molar-refractivity contribution in [1.29, 1.82) is 0 Å². The van der Waals surface area contributed by atoms with Gasteiger partial charge in [-0.05, 0) is 24.1 Å². The van der Waals surface area contributed by atoms with Crippen molar-refractivity contribution in [3.05, 3.63) is 29.3 Å². The molecular weight excluding hydrogens is 182 g/mol. The van der Waals surface area contributed by atoms with Crippen LogP contribution in [-0.4, -0.2) is 19.0 Å². The van der Waals surface area contributed by atoms with Gasteiger partial charge in [-0.2, -0.15) is 0 Å². The van der Waals surface area contributed by atoms with Gasteiger partial charge < -0.3 is 10.1 Å². The third kappa shape index (κ3) is 1.46. The number of nitrogens with one attached hydrogen (secondary N) is 1. The molecule has 1 N–H and O–H groups in total. The Hall–Kier alpha value is -1.84. The van der Waals surface area contributed by atoms with Crippen molar-refractivity contribution in [3.63, 3.8) is 0 Å². The highest BCUT2D eigenvalue weighted by atomic mass is 16.6. The van der Waals surface area contributed by atoms with Gasteiger partial charge in [-0.3, -0.25) is 4.79 Å². The highest BCUT2D eigenvalue weighted by molar-refractivity contribution is 5.94. The van der Waals surface area contributed by atoms with Gasteiger partial charge in [-0.1, -0.05) is 6.07 Å². The molecule has 0 spiro atoms. The average Bonchev–Trinajstić information content (AvgIpc) is 2.64. The van der Waals surface area contributed by atoms with Crippen LogP contribution in [0, 0.1) is 0 Å². The van der Waals surface area contributed by atoms with E-state index in [1.54, 1.807) is 12.1 Å². The lowest BCUT2D eigenvalue weighted by atomic mass is 10.1. The SMILES string of the molecule is O=COC(=O)c1ccc2c(c1)NCC2. The topological polar surface area (TPSA) is 55.4 Å². The summed E-state index contributed by atoms with van der Waals surface area (Å²) in [5.41, 5.74) is 2.53. The Balaban J connectivity index is 2.28. The van der Waals surface area contributed by atoms with E-state index in [0.29, 0.717) is 5.56 Å². The van der Waals surface area contributed by atoms with Crippen LogP contribution in [0.2, 0.25) is 0 Å². The molecule has 0 fully saturated rings. The Morgan fingerprint density at radius 1 is 1.50 bits per heavy atom. The molecule has 1 aliphatic heterocycles. The van der Waals surface area contributed by atoms with Gasteiger partial charge in [0.1, 0.15) is 0 Å². The van der Waals surface area contributed by atoms with Crippen molar-refractivity contribution in [2.75, 3.05) is 11.9 Å². The lowest BCUT2D eigenvalue weighted by Crippen LogP contribution is -2.03. The summed E-state index contributed by atoms with van der Waals surface area (Å²) in [6.45, 7) is 1.03. The second-order valence-electron chi connectivity index (χ2n) is 3.05. The first-order valence-corrected chi connectivity index (χ1v) is 4.32. The van der Waals surface area contributed by atoms with Gasteiger partial charge in [-0.15, -0.1) is 0 Å². The zero-order chi connectivity index (χ0) is 9.97. The summed E-state index contributed by atoms with van der Waals surface area (Å²) in [5, 5.41) is 3.14. The van der Waals surface area contributed by atoms with Crippen LogP contribution in [0.1, 0.15) is 15.9 Å². The van der Waals surface area contributed by atoms with Crippen LogP contribution in [0.3, 0.4) is 0 Å². The molecule has 1 aromatic rings. The number of benzene rings is 1. The number of carbonyl (C=O) groups excluding carboxylic acids is 2. The number of anilines is 1. The van der Waals surface area contributed by atoms with E-state index < -0.39 is 5.97 Å². The Labute approximate surface area is 80.9 Å². The van der Waals surface area contributed by atoms with Crippen LogP contribution in [0.5, 0.6) is 0 Å². The minimum Gasteiger partial charge on any atom is -0.392 e. The highest BCUT2D eigenvalue weighted by Gasteiger charge is 2.13. The molecule has 2 rings (SSSR count). The quantitative estimate of drug-likeness (QED) is 0.430. The van der Waals surface area contributed by atoms with E-state index in [4.69, 9.17) is 0 Å². The predicted octanol–water partition coefficient (Wildman–Crippen LogP) is 0.968. The first-order valence-electron chi connectivity index (χ1n) is 4.32. The minimum absolute atomic E-state index is 0.142. The molecule has 4 nitrogen and oxygen atoms in total. The van der Waals surface area contributed by atoms with Gasteiger partial charge >= 0.3 is 12.4 Å². The lowest BCUT2D eigenvalue weighted by Gasteiger charge is -2.02. The summed E-state index contributed by atoms with van der Waals surface area (Å²) in [6, 6.07) is 5.24. The van der Waals surface area contributed by atoms with E-state index in [1.807, 2.05) is 6.07 Å². The lowest BCUT2D eigenvalue weighted by molar-refractivity contribution is -0.123. The summed E-state index contributed by atoms with van der Waals surface area (Å²) in [6.07, 6.45) is 0.971. The van der Waals surface area contributed by atoms with Crippen LogP contribution in [0.25, 0.3) is 0 Å². The summed E-state index contributed by atoms with van der Waals surface area (Å²) in [4.78, 5) is 21.1. The molecule has 72 valence electrons. The predicted molar refractivity (Wildman–Crippen MR) is 50.1 cm³/mol. The summed E-state index contributed by atoms with van der Waals surface area (Å²) < 4.78 is 4.24. The van der Waals surface area contributed by atoms with Crippen molar-refractivity contribution in [2.24, 2.45) is 0 Å². The number of rotatable bonds is 2. The van der Waals surface area contributed by atoms with Crippen molar-refractivity contribution in [3.8, 4) is 0 Å². The summed E-state index contributed by atoms with van der Waals surface area (Å²) >= 11 is 0. The fraction of sp³-hybridized carbons (Fsp3) is 0.200. The van der Waals surface area contributed by atoms with Gasteiger partial charge in [0.2, 0.25) is 0 Å². The van der Waals surface area contributed by atoms with Crippen LogP contribution < -0.4 is 5.32 Å². The molecule has 0 bridgehead atoms. The second-order valence-corrected chi connectivity index (χ2v) is 3.05. The normalized spacial score (nSPS) is 12.9. The van der Waals surface area contributed by atoms with E-state index in [1.165, 1.54) is 5.56 Å². The van der Waals surface area contributed by atoms with E-state index in [9.17, 15) is 9.59 Å². The third-order valence-corrected chi connectivity index (χ3v) is 2.21. The number of esters is 1. The number of hydrogen-bond acceptors (Lipinski definition) is 4. The number of carbonyl (C=O) groups is 2. The standard InChI is InChI=1S/C10H9NO3/c12-6-14-10(13)8-2-1-7-3-4-11-9(7)5-8/h1-2,5-6,11H,3-4H2. The van der Waals surface area contributed by atoms with E-state index in [-0.39, 0.29) is 6.47 Å². The van der Waals surface area contributed by atoms with Crippen molar-refractivity contribution < 1.29 is 14.3 Å². The minimum atomic E-state index is -0.614. The Morgan fingerprint density at radius 3 is 3.14 bits per heavy atom. The first kappa shape index (κ1) is 8.74. The van der Waals surface area contributed by atoms with Gasteiger partial charge in [0.05, 0.1) is 5.56 Å². The number of fused-ring (bicyclic) bond motifs is 1. The molecule has 0 atom stereocenters. The Bertz CT molecular complexity index is 387. The summed E-state index contributed by atoms with van der Waals surface area (Å²) in [7, 11) is 0. The molecule has 0 unspecified atom stereocenters. The molecule has 0 aliphatic carbocycles. The first-order chi connectivity index (χ1) is 6.81. The molecule has 0 aromatic heterocycles. The maximum atomic E-state index is 11.2. The fourth-order valence-electron chi connectivity index (χ4n) is 1.53. The number of hydrogen-bond donors (Lipinski definition) is 1.